The second-order valence-corrected chi connectivity index (χ2v) is 9.32. The molecule has 3 heterocycles. The number of hydrogen-bond acceptors (Lipinski definition) is 7. The van der Waals surface area contributed by atoms with Gasteiger partial charge < -0.3 is 25.2 Å². The van der Waals surface area contributed by atoms with E-state index in [0.29, 0.717) is 24.1 Å². The number of aromatic nitrogens is 3. The first-order chi connectivity index (χ1) is 18.4. The molecule has 6 rings (SSSR count). The number of rotatable bonds is 4. The lowest BCUT2D eigenvalue weighted by Crippen LogP contribution is -2.32. The van der Waals surface area contributed by atoms with Crippen molar-refractivity contribution in [3.05, 3.63) is 53.7 Å². The zero-order valence-electron chi connectivity index (χ0n) is 20.9. The summed E-state index contributed by atoms with van der Waals surface area (Å²) in [7, 11) is 3.67. The fourth-order valence-corrected chi connectivity index (χ4v) is 4.38. The average molecular weight is 544 g/mol. The zero-order valence-corrected chi connectivity index (χ0v) is 20.9. The number of halogens is 3. The van der Waals surface area contributed by atoms with Crippen LogP contribution < -0.4 is 15.2 Å². The maximum atomic E-state index is 13.4. The number of aliphatic carboxylic acids is 1. The molecule has 1 amide bonds. The summed E-state index contributed by atoms with van der Waals surface area (Å²) in [4.78, 5) is 28.5. The van der Waals surface area contributed by atoms with Crippen LogP contribution in [0.4, 0.5) is 19.0 Å². The quantitative estimate of drug-likeness (QED) is 0.394. The standard InChI is InChI=1S/C24H23N5O3.C2HF3O2/c1-28(20-12-31-21-10-15(6-7-16(20)21)32-14-4-5-14)24(30)13-3-8-19-17(9-13)22-18(23(25)27-19)11-26-29(22)2;3-2(4,5)1(6)7/h3,6-11,14,20H,4-5,12H2,1-2H3,(H2,25,27);(H,6,7). The van der Waals surface area contributed by atoms with Gasteiger partial charge in [-0.1, -0.05) is 0 Å². The predicted octanol–water partition coefficient (Wildman–Crippen LogP) is 4.08. The molecule has 0 radical (unpaired) electrons. The molecule has 0 bridgehead atoms. The molecule has 0 saturated heterocycles. The molecule has 204 valence electrons. The molecule has 4 aromatic rings. The Hall–Kier alpha value is -4.55. The Kier molecular flexibility index (Phi) is 6.44. The van der Waals surface area contributed by atoms with Gasteiger partial charge in [-0.3, -0.25) is 9.48 Å². The Labute approximate surface area is 219 Å². The maximum Gasteiger partial charge on any atom is 0.490 e. The van der Waals surface area contributed by atoms with Crippen molar-refractivity contribution in [3.8, 4) is 11.5 Å². The summed E-state index contributed by atoms with van der Waals surface area (Å²) < 4.78 is 45.3. The number of ether oxygens (including phenoxy) is 2. The van der Waals surface area contributed by atoms with Gasteiger partial charge in [0.25, 0.3) is 5.91 Å². The number of fused-ring (bicyclic) bond motifs is 4. The Morgan fingerprint density at radius 3 is 2.56 bits per heavy atom. The Morgan fingerprint density at radius 2 is 1.90 bits per heavy atom. The monoisotopic (exact) mass is 543 g/mol. The van der Waals surface area contributed by atoms with Crippen molar-refractivity contribution < 1.29 is 37.3 Å². The van der Waals surface area contributed by atoms with Crippen LogP contribution in [0.1, 0.15) is 34.8 Å². The molecule has 1 atom stereocenters. The normalized spacial score (nSPS) is 16.3. The number of carbonyl (C=O) groups excluding carboxylic acids is 1. The number of likely N-dealkylation sites (N-methyl/N-ethyl adjacent to an activating group) is 1. The second-order valence-electron chi connectivity index (χ2n) is 9.32. The predicted molar refractivity (Wildman–Crippen MR) is 135 cm³/mol. The number of aryl methyl sites for hydroxylation is 1. The summed E-state index contributed by atoms with van der Waals surface area (Å²) in [5.74, 6) is -0.808. The number of amides is 1. The zero-order chi connectivity index (χ0) is 28.1. The first kappa shape index (κ1) is 26.1. The van der Waals surface area contributed by atoms with Crippen molar-refractivity contribution in [3.63, 3.8) is 0 Å². The van der Waals surface area contributed by atoms with Gasteiger partial charge in [0.1, 0.15) is 23.9 Å². The van der Waals surface area contributed by atoms with Crippen LogP contribution in [-0.4, -0.2) is 62.6 Å². The number of hydrogen-bond donors (Lipinski definition) is 2. The molecule has 1 saturated carbocycles. The van der Waals surface area contributed by atoms with Gasteiger partial charge >= 0.3 is 12.1 Å². The summed E-state index contributed by atoms with van der Waals surface area (Å²) in [6, 6.07) is 11.2. The van der Waals surface area contributed by atoms with Crippen molar-refractivity contribution >= 4 is 39.5 Å². The lowest BCUT2D eigenvalue weighted by molar-refractivity contribution is -0.192. The summed E-state index contributed by atoms with van der Waals surface area (Å²) in [5.41, 5.74) is 9.26. The van der Waals surface area contributed by atoms with Gasteiger partial charge in [-0.2, -0.15) is 18.3 Å². The Morgan fingerprint density at radius 1 is 1.18 bits per heavy atom. The number of carbonyl (C=O) groups is 2. The first-order valence-corrected chi connectivity index (χ1v) is 12.0. The fraction of sp³-hybridized carbons (Fsp3) is 0.308. The van der Waals surface area contributed by atoms with E-state index in [1.54, 1.807) is 21.8 Å². The minimum atomic E-state index is -5.08. The molecule has 1 fully saturated rings. The number of benzene rings is 2. The van der Waals surface area contributed by atoms with Gasteiger partial charge in [0, 0.05) is 36.7 Å². The van der Waals surface area contributed by atoms with Crippen LogP contribution in [0, 0.1) is 0 Å². The first-order valence-electron chi connectivity index (χ1n) is 12.0. The average Bonchev–Trinajstić information content (AvgIpc) is 3.46. The SMILES string of the molecule is CN(C(=O)c1ccc2nc(N)c3cnn(C)c3c2c1)C1COc2cc(OC3CC3)ccc21.O=C(O)C(F)(F)F. The molecule has 1 unspecified atom stereocenters. The summed E-state index contributed by atoms with van der Waals surface area (Å²) in [6.07, 6.45) is -0.836. The smallest absolute Gasteiger partial charge is 0.490 e. The lowest BCUT2D eigenvalue weighted by Gasteiger charge is -2.24. The molecule has 10 nitrogen and oxygen atoms in total. The molecule has 1 aliphatic heterocycles. The molecule has 2 aromatic carbocycles. The number of pyridine rings is 1. The van der Waals surface area contributed by atoms with Crippen LogP contribution in [-0.2, 0) is 11.8 Å². The van der Waals surface area contributed by atoms with E-state index in [1.807, 2.05) is 44.4 Å². The second kappa shape index (κ2) is 9.64. The summed E-state index contributed by atoms with van der Waals surface area (Å²) >= 11 is 0. The maximum absolute atomic E-state index is 13.4. The molecule has 2 aliphatic rings. The molecule has 2 aromatic heterocycles. The van der Waals surface area contributed by atoms with E-state index in [0.717, 1.165) is 51.7 Å². The van der Waals surface area contributed by atoms with Crippen molar-refractivity contribution in [2.75, 3.05) is 19.4 Å². The third-order valence-corrected chi connectivity index (χ3v) is 6.55. The molecule has 39 heavy (non-hydrogen) atoms. The molecule has 3 N–H and O–H groups in total. The van der Waals surface area contributed by atoms with Crippen LogP contribution in [0.3, 0.4) is 0 Å². The van der Waals surface area contributed by atoms with Crippen molar-refractivity contribution in [2.24, 2.45) is 7.05 Å². The summed E-state index contributed by atoms with van der Waals surface area (Å²) in [5, 5.41) is 13.1. The topological polar surface area (TPSA) is 133 Å². The Bertz CT molecular complexity index is 1600. The van der Waals surface area contributed by atoms with Gasteiger partial charge in [0.05, 0.1) is 34.8 Å². The van der Waals surface area contributed by atoms with Crippen molar-refractivity contribution in [1.82, 2.24) is 19.7 Å². The van der Waals surface area contributed by atoms with Crippen LogP contribution in [0.25, 0.3) is 21.8 Å². The van der Waals surface area contributed by atoms with Crippen molar-refractivity contribution in [1.29, 1.82) is 0 Å². The van der Waals surface area contributed by atoms with E-state index in [9.17, 15) is 18.0 Å². The molecular weight excluding hydrogens is 519 g/mol. The highest BCUT2D eigenvalue weighted by atomic mass is 19.4. The minimum absolute atomic E-state index is 0.0844. The highest BCUT2D eigenvalue weighted by Gasteiger charge is 2.38. The number of carboxylic acids is 1. The fourth-order valence-electron chi connectivity index (χ4n) is 4.38. The van der Waals surface area contributed by atoms with E-state index in [-0.39, 0.29) is 11.9 Å². The van der Waals surface area contributed by atoms with E-state index in [2.05, 4.69) is 10.1 Å². The van der Waals surface area contributed by atoms with E-state index < -0.39 is 12.1 Å². The van der Waals surface area contributed by atoms with Crippen molar-refractivity contribution in [2.45, 2.75) is 31.2 Å². The largest absolute Gasteiger partial charge is 0.491 e. The van der Waals surface area contributed by atoms with E-state index >= 15 is 0 Å². The van der Waals surface area contributed by atoms with E-state index in [4.69, 9.17) is 25.1 Å². The number of carboxylic acid groups (broad SMARTS) is 1. The van der Waals surface area contributed by atoms with Gasteiger partial charge in [-0.25, -0.2) is 9.78 Å². The van der Waals surface area contributed by atoms with Gasteiger partial charge in [-0.15, -0.1) is 0 Å². The lowest BCUT2D eigenvalue weighted by atomic mass is 10.0. The highest BCUT2D eigenvalue weighted by Crippen LogP contribution is 2.40. The third kappa shape index (κ3) is 5.11. The van der Waals surface area contributed by atoms with Gasteiger partial charge in [-0.05, 0) is 43.2 Å². The molecule has 1 aliphatic carbocycles. The molecule has 0 spiro atoms. The number of nitrogens with two attached hydrogens (primary N) is 1. The number of alkyl halides is 3. The van der Waals surface area contributed by atoms with Crippen LogP contribution in [0.15, 0.2) is 42.6 Å². The summed E-state index contributed by atoms with van der Waals surface area (Å²) in [6.45, 7) is 0.419. The third-order valence-electron chi connectivity index (χ3n) is 6.55. The van der Waals surface area contributed by atoms with Crippen LogP contribution >= 0.6 is 0 Å². The van der Waals surface area contributed by atoms with E-state index in [1.165, 1.54) is 0 Å². The number of nitrogen functional groups attached to an aromatic ring is 1. The highest BCUT2D eigenvalue weighted by molar-refractivity contribution is 6.10. The van der Waals surface area contributed by atoms with Gasteiger partial charge in [0.2, 0.25) is 0 Å². The van der Waals surface area contributed by atoms with Crippen LogP contribution in [0.5, 0.6) is 11.5 Å². The number of anilines is 1. The Balaban J connectivity index is 0.000000392. The minimum Gasteiger partial charge on any atom is -0.491 e. The number of nitrogens with zero attached hydrogens (tertiary/aromatic N) is 4. The molecule has 13 heteroatoms. The van der Waals surface area contributed by atoms with Gasteiger partial charge in [0.15, 0.2) is 0 Å². The van der Waals surface area contributed by atoms with Crippen LogP contribution in [0.2, 0.25) is 0 Å². The molecular formula is C26H24F3N5O5.